The van der Waals surface area contributed by atoms with Crippen LogP contribution < -0.4 is 5.73 Å². The third-order valence-corrected chi connectivity index (χ3v) is 4.32. The fourth-order valence-electron chi connectivity index (χ4n) is 2.95. The van der Waals surface area contributed by atoms with E-state index < -0.39 is 0 Å². The van der Waals surface area contributed by atoms with Crippen LogP contribution in [-0.2, 0) is 13.1 Å². The van der Waals surface area contributed by atoms with Gasteiger partial charge in [-0.3, -0.25) is 4.90 Å². The van der Waals surface area contributed by atoms with Crippen LogP contribution in [0, 0.1) is 0 Å². The normalized spacial score (nSPS) is 17.0. The molecule has 5 heteroatoms. The van der Waals surface area contributed by atoms with Gasteiger partial charge in [0, 0.05) is 25.7 Å². The van der Waals surface area contributed by atoms with Crippen molar-refractivity contribution in [2.24, 2.45) is 5.73 Å². The Morgan fingerprint density at radius 3 is 2.52 bits per heavy atom. The Morgan fingerprint density at radius 2 is 1.86 bits per heavy atom. The lowest BCUT2D eigenvalue weighted by Gasteiger charge is -2.34. The van der Waals surface area contributed by atoms with Crippen LogP contribution in [0.5, 0.6) is 0 Å². The summed E-state index contributed by atoms with van der Waals surface area (Å²) in [6.07, 6.45) is 1.81. The van der Waals surface area contributed by atoms with Crippen molar-refractivity contribution in [1.29, 1.82) is 0 Å². The molecule has 0 bridgehead atoms. The van der Waals surface area contributed by atoms with Gasteiger partial charge in [-0.1, -0.05) is 38.1 Å². The summed E-state index contributed by atoms with van der Waals surface area (Å²) in [6, 6.07) is 9.11. The molecule has 1 unspecified atom stereocenters. The minimum Gasteiger partial charge on any atom is -0.329 e. The van der Waals surface area contributed by atoms with E-state index in [2.05, 4.69) is 57.8 Å². The van der Waals surface area contributed by atoms with E-state index >= 15 is 0 Å². The number of nitrogens with zero attached hydrogens (tertiary/aromatic N) is 4. The summed E-state index contributed by atoms with van der Waals surface area (Å²) in [5.74, 6) is 1.59. The SMILES string of the molecule is CC(C)c1ccc(C(CN)N2CCn3cnnc3C2)cc1. The van der Waals surface area contributed by atoms with Crippen molar-refractivity contribution in [3.8, 4) is 0 Å². The molecule has 112 valence electrons. The van der Waals surface area contributed by atoms with Crippen LogP contribution in [0.15, 0.2) is 30.6 Å². The summed E-state index contributed by atoms with van der Waals surface area (Å²) in [5.41, 5.74) is 8.70. The molecule has 0 radical (unpaired) electrons. The van der Waals surface area contributed by atoms with Crippen LogP contribution in [0.3, 0.4) is 0 Å². The minimum atomic E-state index is 0.247. The topological polar surface area (TPSA) is 60.0 Å². The predicted molar refractivity (Wildman–Crippen MR) is 82.8 cm³/mol. The third kappa shape index (κ3) is 2.84. The van der Waals surface area contributed by atoms with Crippen molar-refractivity contribution >= 4 is 0 Å². The lowest BCUT2D eigenvalue weighted by molar-refractivity contribution is 0.156. The zero-order chi connectivity index (χ0) is 14.8. The molecule has 2 aromatic rings. The maximum Gasteiger partial charge on any atom is 0.147 e. The molecule has 5 nitrogen and oxygen atoms in total. The third-order valence-electron chi connectivity index (χ3n) is 4.32. The Hall–Kier alpha value is -1.72. The van der Waals surface area contributed by atoms with Gasteiger partial charge in [0.25, 0.3) is 0 Å². The van der Waals surface area contributed by atoms with E-state index in [1.54, 1.807) is 0 Å². The zero-order valence-corrected chi connectivity index (χ0v) is 12.7. The lowest BCUT2D eigenvalue weighted by atomic mass is 9.98. The Balaban J connectivity index is 1.79. The minimum absolute atomic E-state index is 0.247. The smallest absolute Gasteiger partial charge is 0.147 e. The average molecular weight is 285 g/mol. The van der Waals surface area contributed by atoms with Crippen molar-refractivity contribution in [1.82, 2.24) is 19.7 Å². The Bertz CT molecular complexity index is 587. The monoisotopic (exact) mass is 285 g/mol. The number of fused-ring (bicyclic) bond motifs is 1. The highest BCUT2D eigenvalue weighted by molar-refractivity contribution is 5.27. The number of aromatic nitrogens is 3. The second kappa shape index (κ2) is 5.95. The Labute approximate surface area is 125 Å². The van der Waals surface area contributed by atoms with E-state index in [-0.39, 0.29) is 6.04 Å². The average Bonchev–Trinajstić information content (AvgIpc) is 2.96. The van der Waals surface area contributed by atoms with Crippen LogP contribution in [-0.4, -0.2) is 32.8 Å². The van der Waals surface area contributed by atoms with Gasteiger partial charge >= 0.3 is 0 Å². The molecular weight excluding hydrogens is 262 g/mol. The van der Waals surface area contributed by atoms with Crippen LogP contribution in [0.1, 0.15) is 42.8 Å². The van der Waals surface area contributed by atoms with Crippen molar-refractivity contribution in [2.45, 2.75) is 38.9 Å². The molecule has 1 aromatic carbocycles. The van der Waals surface area contributed by atoms with Gasteiger partial charge in [0.15, 0.2) is 0 Å². The van der Waals surface area contributed by atoms with E-state index in [0.29, 0.717) is 12.5 Å². The maximum atomic E-state index is 6.04. The van der Waals surface area contributed by atoms with E-state index in [1.807, 2.05) is 6.33 Å². The molecule has 2 heterocycles. The first kappa shape index (κ1) is 14.2. The fraction of sp³-hybridized carbons (Fsp3) is 0.500. The highest BCUT2D eigenvalue weighted by atomic mass is 15.3. The van der Waals surface area contributed by atoms with Gasteiger partial charge in [-0.25, -0.2) is 0 Å². The quantitative estimate of drug-likeness (QED) is 0.932. The van der Waals surface area contributed by atoms with Crippen molar-refractivity contribution in [2.75, 3.05) is 13.1 Å². The molecule has 1 atom stereocenters. The first-order valence-electron chi connectivity index (χ1n) is 7.59. The van der Waals surface area contributed by atoms with Crippen LogP contribution in [0.2, 0.25) is 0 Å². The number of rotatable bonds is 4. The number of hydrogen-bond acceptors (Lipinski definition) is 4. The number of hydrogen-bond donors (Lipinski definition) is 1. The summed E-state index contributed by atoms with van der Waals surface area (Å²) >= 11 is 0. The van der Waals surface area contributed by atoms with Crippen molar-refractivity contribution in [3.05, 3.63) is 47.5 Å². The van der Waals surface area contributed by atoms with Gasteiger partial charge in [-0.05, 0) is 17.0 Å². The standard InChI is InChI=1S/C16H23N5/c1-12(2)13-3-5-14(6-4-13)15(9-17)20-7-8-21-11-18-19-16(21)10-20/h3-6,11-12,15H,7-10,17H2,1-2H3. The molecule has 0 saturated carbocycles. The summed E-state index contributed by atoms with van der Waals surface area (Å²) in [4.78, 5) is 2.40. The molecule has 1 aliphatic rings. The fourth-order valence-corrected chi connectivity index (χ4v) is 2.95. The van der Waals surface area contributed by atoms with Crippen LogP contribution in [0.25, 0.3) is 0 Å². The van der Waals surface area contributed by atoms with Gasteiger partial charge in [-0.2, -0.15) is 0 Å². The second-order valence-electron chi connectivity index (χ2n) is 5.98. The molecule has 3 rings (SSSR count). The largest absolute Gasteiger partial charge is 0.329 e. The molecule has 0 spiro atoms. The van der Waals surface area contributed by atoms with Crippen molar-refractivity contribution < 1.29 is 0 Å². The van der Waals surface area contributed by atoms with E-state index in [9.17, 15) is 0 Å². The molecular formula is C16H23N5. The van der Waals surface area contributed by atoms with Crippen LogP contribution in [0.4, 0.5) is 0 Å². The molecule has 0 amide bonds. The maximum absolute atomic E-state index is 6.04. The summed E-state index contributed by atoms with van der Waals surface area (Å²) in [6.45, 7) is 7.78. The first-order chi connectivity index (χ1) is 10.2. The van der Waals surface area contributed by atoms with Gasteiger partial charge in [0.05, 0.1) is 6.54 Å². The second-order valence-corrected chi connectivity index (χ2v) is 5.98. The lowest BCUT2D eigenvalue weighted by Crippen LogP contribution is -2.39. The highest BCUT2D eigenvalue weighted by Crippen LogP contribution is 2.25. The highest BCUT2D eigenvalue weighted by Gasteiger charge is 2.24. The summed E-state index contributed by atoms with van der Waals surface area (Å²) in [5, 5.41) is 8.17. The Kier molecular flexibility index (Phi) is 4.03. The van der Waals surface area contributed by atoms with Gasteiger partial charge in [-0.15, -0.1) is 10.2 Å². The van der Waals surface area contributed by atoms with Crippen LogP contribution >= 0.6 is 0 Å². The number of benzene rings is 1. The predicted octanol–water partition coefficient (Wildman–Crippen LogP) is 1.92. The zero-order valence-electron chi connectivity index (χ0n) is 12.7. The molecule has 0 fully saturated rings. The van der Waals surface area contributed by atoms with E-state index in [0.717, 1.165) is 25.5 Å². The van der Waals surface area contributed by atoms with E-state index in [4.69, 9.17) is 5.73 Å². The van der Waals surface area contributed by atoms with E-state index in [1.165, 1.54) is 11.1 Å². The van der Waals surface area contributed by atoms with Gasteiger partial charge in [0.2, 0.25) is 0 Å². The summed E-state index contributed by atoms with van der Waals surface area (Å²) < 4.78 is 2.12. The Morgan fingerprint density at radius 1 is 1.14 bits per heavy atom. The molecule has 0 aliphatic carbocycles. The number of nitrogens with two attached hydrogens (primary N) is 1. The molecule has 1 aromatic heterocycles. The van der Waals surface area contributed by atoms with Crippen molar-refractivity contribution in [3.63, 3.8) is 0 Å². The van der Waals surface area contributed by atoms with Gasteiger partial charge < -0.3 is 10.3 Å². The first-order valence-corrected chi connectivity index (χ1v) is 7.59. The molecule has 0 saturated heterocycles. The summed E-state index contributed by atoms with van der Waals surface area (Å²) in [7, 11) is 0. The van der Waals surface area contributed by atoms with Gasteiger partial charge in [0.1, 0.15) is 12.2 Å². The molecule has 2 N–H and O–H groups in total. The molecule has 21 heavy (non-hydrogen) atoms. The molecule has 1 aliphatic heterocycles.